The van der Waals surface area contributed by atoms with Gasteiger partial charge in [-0.3, -0.25) is 9.88 Å². The standard InChI is InChI=1S/C21H27N7/c1-26-19-8-3-2-7-18(19)23-21(26)20-9-5-11-27(20)14-17-15-28(25-24-17)13-16-6-4-10-22-12-16/h4,6,10,12,15,20H,2-3,5,7-9,11,13-14H2,1H3/t20-/m0/s1. The summed E-state index contributed by atoms with van der Waals surface area (Å²) in [4.78, 5) is 11.7. The number of aromatic nitrogens is 6. The third kappa shape index (κ3) is 3.35. The van der Waals surface area contributed by atoms with Gasteiger partial charge in [-0.05, 0) is 56.7 Å². The minimum absolute atomic E-state index is 0.388. The predicted molar refractivity (Wildman–Crippen MR) is 106 cm³/mol. The molecule has 5 rings (SSSR count). The van der Waals surface area contributed by atoms with Gasteiger partial charge in [0.25, 0.3) is 0 Å². The maximum Gasteiger partial charge on any atom is 0.126 e. The van der Waals surface area contributed by atoms with Crippen LogP contribution >= 0.6 is 0 Å². The highest BCUT2D eigenvalue weighted by atomic mass is 15.4. The number of likely N-dealkylation sites (tertiary alicyclic amines) is 1. The van der Waals surface area contributed by atoms with E-state index in [4.69, 9.17) is 4.98 Å². The smallest absolute Gasteiger partial charge is 0.126 e. The molecule has 0 radical (unpaired) electrons. The summed E-state index contributed by atoms with van der Waals surface area (Å²) in [6, 6.07) is 4.40. The Labute approximate surface area is 165 Å². The molecule has 0 N–H and O–H groups in total. The van der Waals surface area contributed by atoms with Gasteiger partial charge in [-0.15, -0.1) is 5.10 Å². The van der Waals surface area contributed by atoms with Gasteiger partial charge in [0, 0.05) is 31.7 Å². The Morgan fingerprint density at radius 2 is 2.07 bits per heavy atom. The Morgan fingerprint density at radius 3 is 2.93 bits per heavy atom. The molecule has 0 aromatic carbocycles. The number of hydrogen-bond donors (Lipinski definition) is 0. The maximum absolute atomic E-state index is 5.06. The molecule has 0 bridgehead atoms. The molecule has 3 aromatic heterocycles. The quantitative estimate of drug-likeness (QED) is 0.684. The molecule has 1 atom stereocenters. The lowest BCUT2D eigenvalue weighted by Crippen LogP contribution is -2.25. The van der Waals surface area contributed by atoms with Gasteiger partial charge < -0.3 is 4.57 Å². The second-order valence-electron chi connectivity index (χ2n) is 8.03. The van der Waals surface area contributed by atoms with E-state index >= 15 is 0 Å². The number of hydrogen-bond acceptors (Lipinski definition) is 5. The molecule has 0 saturated carbocycles. The van der Waals surface area contributed by atoms with Gasteiger partial charge in [-0.25, -0.2) is 9.67 Å². The summed E-state index contributed by atoms with van der Waals surface area (Å²) >= 11 is 0. The topological polar surface area (TPSA) is 64.7 Å². The first-order valence-corrected chi connectivity index (χ1v) is 10.3. The molecule has 1 aliphatic carbocycles. The van der Waals surface area contributed by atoms with Crippen LogP contribution in [0.3, 0.4) is 0 Å². The molecule has 0 spiro atoms. The molecular formula is C21H27N7. The minimum Gasteiger partial charge on any atom is -0.334 e. The fourth-order valence-electron chi connectivity index (χ4n) is 4.69. The number of pyridine rings is 1. The molecule has 28 heavy (non-hydrogen) atoms. The van der Waals surface area contributed by atoms with Crippen LogP contribution in [0.2, 0.25) is 0 Å². The first-order valence-electron chi connectivity index (χ1n) is 10.3. The molecule has 0 unspecified atom stereocenters. The van der Waals surface area contributed by atoms with Crippen molar-refractivity contribution in [3.05, 3.63) is 59.2 Å². The zero-order valence-electron chi connectivity index (χ0n) is 16.5. The number of fused-ring (bicyclic) bond motifs is 1. The molecule has 2 aliphatic rings. The highest BCUT2D eigenvalue weighted by Crippen LogP contribution is 2.34. The van der Waals surface area contributed by atoms with Gasteiger partial charge >= 0.3 is 0 Å². The van der Waals surface area contributed by atoms with Crippen molar-refractivity contribution < 1.29 is 0 Å². The van der Waals surface area contributed by atoms with Crippen molar-refractivity contribution in [3.63, 3.8) is 0 Å². The molecule has 3 aromatic rings. The zero-order valence-corrected chi connectivity index (χ0v) is 16.5. The lowest BCUT2D eigenvalue weighted by Gasteiger charge is -2.23. The van der Waals surface area contributed by atoms with E-state index in [-0.39, 0.29) is 0 Å². The van der Waals surface area contributed by atoms with Gasteiger partial charge in [0.15, 0.2) is 0 Å². The lowest BCUT2D eigenvalue weighted by molar-refractivity contribution is 0.233. The van der Waals surface area contributed by atoms with Crippen LogP contribution in [-0.4, -0.2) is 41.0 Å². The van der Waals surface area contributed by atoms with E-state index in [1.54, 1.807) is 6.20 Å². The number of rotatable bonds is 5. The van der Waals surface area contributed by atoms with Gasteiger partial charge in [0.2, 0.25) is 0 Å². The van der Waals surface area contributed by atoms with Gasteiger partial charge in [0.1, 0.15) is 5.82 Å². The Balaban J connectivity index is 1.31. The van der Waals surface area contributed by atoms with Crippen LogP contribution < -0.4 is 0 Å². The van der Waals surface area contributed by atoms with Crippen LogP contribution in [0, 0.1) is 0 Å². The van der Waals surface area contributed by atoms with Crippen LogP contribution in [-0.2, 0) is 33.0 Å². The van der Waals surface area contributed by atoms with Gasteiger partial charge in [-0.2, -0.15) is 0 Å². The maximum atomic E-state index is 5.06. The van der Waals surface area contributed by atoms with Crippen molar-refractivity contribution in [1.29, 1.82) is 0 Å². The van der Waals surface area contributed by atoms with Crippen molar-refractivity contribution in [2.75, 3.05) is 6.54 Å². The predicted octanol–water partition coefficient (Wildman–Crippen LogP) is 2.67. The first kappa shape index (κ1) is 17.6. The van der Waals surface area contributed by atoms with E-state index in [0.29, 0.717) is 12.6 Å². The summed E-state index contributed by atoms with van der Waals surface area (Å²) in [7, 11) is 2.20. The molecule has 1 saturated heterocycles. The number of aryl methyl sites for hydroxylation is 1. The molecule has 4 heterocycles. The lowest BCUT2D eigenvalue weighted by atomic mass is 10.0. The molecular weight excluding hydrogens is 350 g/mol. The Bertz CT molecular complexity index is 943. The Hall–Kier alpha value is -2.54. The minimum atomic E-state index is 0.388. The van der Waals surface area contributed by atoms with Crippen LogP contribution in [0.4, 0.5) is 0 Å². The molecule has 1 aliphatic heterocycles. The first-order chi connectivity index (χ1) is 13.8. The van der Waals surface area contributed by atoms with E-state index < -0.39 is 0 Å². The fourth-order valence-corrected chi connectivity index (χ4v) is 4.69. The summed E-state index contributed by atoms with van der Waals surface area (Å²) in [5, 5.41) is 8.73. The summed E-state index contributed by atoms with van der Waals surface area (Å²) < 4.78 is 4.27. The third-order valence-corrected chi connectivity index (χ3v) is 6.09. The second-order valence-corrected chi connectivity index (χ2v) is 8.03. The van der Waals surface area contributed by atoms with Crippen molar-refractivity contribution in [1.82, 2.24) is 34.4 Å². The number of nitrogens with zero attached hydrogens (tertiary/aromatic N) is 7. The van der Waals surface area contributed by atoms with Crippen LogP contribution in [0.5, 0.6) is 0 Å². The monoisotopic (exact) mass is 377 g/mol. The number of imidazole rings is 1. The molecule has 7 heteroatoms. The Morgan fingerprint density at radius 1 is 1.14 bits per heavy atom. The van der Waals surface area contributed by atoms with E-state index in [1.165, 1.54) is 49.3 Å². The van der Waals surface area contributed by atoms with Crippen molar-refractivity contribution >= 4 is 0 Å². The van der Waals surface area contributed by atoms with Crippen LogP contribution in [0.15, 0.2) is 30.7 Å². The Kier molecular flexibility index (Phi) is 4.68. The summed E-state index contributed by atoms with van der Waals surface area (Å²) in [6.45, 7) is 2.63. The molecule has 1 fully saturated rings. The highest BCUT2D eigenvalue weighted by Gasteiger charge is 2.31. The average molecular weight is 377 g/mol. The summed E-state index contributed by atoms with van der Waals surface area (Å²) in [6.07, 6.45) is 13.0. The largest absolute Gasteiger partial charge is 0.334 e. The van der Waals surface area contributed by atoms with E-state index in [1.807, 2.05) is 16.9 Å². The third-order valence-electron chi connectivity index (χ3n) is 6.09. The normalized spacial score (nSPS) is 19.8. The fraction of sp³-hybridized carbons (Fsp3) is 0.524. The zero-order chi connectivity index (χ0) is 18.9. The highest BCUT2D eigenvalue weighted by molar-refractivity contribution is 5.22. The van der Waals surface area contributed by atoms with Crippen LogP contribution in [0.25, 0.3) is 0 Å². The molecule has 7 nitrogen and oxygen atoms in total. The van der Waals surface area contributed by atoms with Crippen molar-refractivity contribution in [2.45, 2.75) is 57.7 Å². The van der Waals surface area contributed by atoms with Gasteiger partial charge in [-0.1, -0.05) is 11.3 Å². The van der Waals surface area contributed by atoms with Crippen molar-refractivity contribution in [2.24, 2.45) is 7.05 Å². The van der Waals surface area contributed by atoms with Gasteiger partial charge in [0.05, 0.1) is 30.2 Å². The molecule has 146 valence electrons. The average Bonchev–Trinajstić information content (AvgIpc) is 3.43. The SMILES string of the molecule is Cn1c([C@@H]2CCCN2Cc2cn(Cc3cccnc3)nn2)nc2c1CCCC2. The van der Waals surface area contributed by atoms with E-state index in [9.17, 15) is 0 Å². The second kappa shape index (κ2) is 7.47. The van der Waals surface area contributed by atoms with E-state index in [0.717, 1.165) is 30.8 Å². The van der Waals surface area contributed by atoms with Crippen LogP contribution in [0.1, 0.15) is 60.2 Å². The van der Waals surface area contributed by atoms with E-state index in [2.05, 4.69) is 44.1 Å². The molecule has 0 amide bonds. The summed E-state index contributed by atoms with van der Waals surface area (Å²) in [5.41, 5.74) is 4.94. The summed E-state index contributed by atoms with van der Waals surface area (Å²) in [5.74, 6) is 1.24. The van der Waals surface area contributed by atoms with Crippen molar-refractivity contribution in [3.8, 4) is 0 Å².